The maximum Gasteiger partial charge on any atom is 0.126 e. The average molecular weight is 157 g/mol. The first-order chi connectivity index (χ1) is 5.83. The van der Waals surface area contributed by atoms with Gasteiger partial charge in [-0.05, 0) is 12.1 Å². The van der Waals surface area contributed by atoms with Gasteiger partial charge < -0.3 is 0 Å². The van der Waals surface area contributed by atoms with Crippen LogP contribution in [-0.4, -0.2) is 4.98 Å². The van der Waals surface area contributed by atoms with E-state index in [1.165, 1.54) is 22.2 Å². The van der Waals surface area contributed by atoms with Crippen LogP contribution in [0, 0.1) is 20.3 Å². The number of nitrogens with one attached hydrogen (secondary N) is 1. The molecule has 0 aliphatic heterocycles. The molecule has 0 bridgehead atoms. The quantitative estimate of drug-likeness (QED) is 0.613. The third-order valence-corrected chi connectivity index (χ3v) is 2.15. The maximum atomic E-state index is 3.79. The van der Waals surface area contributed by atoms with Gasteiger partial charge in [-0.3, -0.25) is 11.9 Å². The van der Waals surface area contributed by atoms with Crippen molar-refractivity contribution in [3.05, 3.63) is 48.9 Å². The van der Waals surface area contributed by atoms with E-state index in [9.17, 15) is 0 Å². The summed E-state index contributed by atoms with van der Waals surface area (Å²) >= 11 is 0. The highest BCUT2D eigenvalue weighted by Gasteiger charge is 2.11. The normalized spacial score (nSPS) is 10.5. The molecule has 0 unspecified atom stereocenters. The molecule has 1 N–H and O–H groups in total. The van der Waals surface area contributed by atoms with E-state index < -0.39 is 0 Å². The lowest BCUT2D eigenvalue weighted by Gasteiger charge is -1.88. The third-order valence-electron chi connectivity index (χ3n) is 2.15. The third kappa shape index (κ3) is 0.900. The van der Waals surface area contributed by atoms with Gasteiger partial charge in [0.1, 0.15) is 22.2 Å². The lowest BCUT2D eigenvalue weighted by Crippen LogP contribution is -1.77. The lowest BCUT2D eigenvalue weighted by atomic mass is 10.1. The number of hydrogen-bond acceptors (Lipinski definition) is 0. The number of aryl methyl sites for hydroxylation is 1. The molecule has 0 aliphatic rings. The monoisotopic (exact) mass is 157 g/mol. The number of fused-ring (bicyclic) bond motifs is 1. The van der Waals surface area contributed by atoms with Crippen LogP contribution < -0.4 is 0 Å². The van der Waals surface area contributed by atoms with Gasteiger partial charge in [0.05, 0.1) is 0 Å². The highest BCUT2D eigenvalue weighted by atomic mass is 14.7. The maximum absolute atomic E-state index is 3.79. The number of rotatable bonds is 1. The van der Waals surface area contributed by atoms with E-state index in [0.717, 1.165) is 0 Å². The van der Waals surface area contributed by atoms with Gasteiger partial charge in [-0.25, -0.2) is 0 Å². The van der Waals surface area contributed by atoms with Gasteiger partial charge in [-0.15, -0.1) is 6.42 Å². The first kappa shape index (κ1) is 7.29. The average Bonchev–Trinajstić information content (AvgIpc) is 2.40. The standard InChI is InChI=1S/C11H11N/c1-3-9-8(2)12-11-7-5-4-6-10(9)11/h3-7,12H,1H2,2H3. The van der Waals surface area contributed by atoms with Gasteiger partial charge in [-0.2, -0.15) is 0 Å². The molecule has 1 aromatic carbocycles. The zero-order valence-corrected chi connectivity index (χ0v) is 7.09. The van der Waals surface area contributed by atoms with Crippen LogP contribution in [0.1, 0.15) is 11.3 Å². The van der Waals surface area contributed by atoms with Crippen LogP contribution in [0.15, 0.2) is 24.3 Å². The topological polar surface area (TPSA) is 15.8 Å². The van der Waals surface area contributed by atoms with Gasteiger partial charge >= 0.3 is 0 Å². The molecule has 1 heterocycles. The second kappa shape index (κ2) is 2.59. The van der Waals surface area contributed by atoms with E-state index in [2.05, 4.69) is 31.0 Å². The van der Waals surface area contributed by atoms with Crippen LogP contribution in [0.4, 0.5) is 0 Å². The number of H-pyrrole nitrogens is 1. The Morgan fingerprint density at radius 1 is 1.33 bits per heavy atom. The van der Waals surface area contributed by atoms with Crippen LogP contribution in [0.2, 0.25) is 0 Å². The fourth-order valence-electron chi connectivity index (χ4n) is 1.56. The van der Waals surface area contributed by atoms with Crippen LogP contribution in [0.5, 0.6) is 0 Å². The highest BCUT2D eigenvalue weighted by molar-refractivity contribution is 5.85. The Labute approximate surface area is 72.4 Å². The van der Waals surface area contributed by atoms with Crippen molar-refractivity contribution in [2.75, 3.05) is 0 Å². The zero-order chi connectivity index (χ0) is 8.55. The van der Waals surface area contributed by atoms with Crippen molar-refractivity contribution >= 4 is 10.9 Å². The molecule has 2 aromatic rings. The van der Waals surface area contributed by atoms with E-state index in [1.807, 2.05) is 18.6 Å². The van der Waals surface area contributed by atoms with Crippen LogP contribution in [0.3, 0.4) is 0 Å². The first-order valence-electron chi connectivity index (χ1n) is 4.02. The molecule has 0 fully saturated rings. The molecule has 0 atom stereocenters. The molecule has 2 rings (SSSR count). The lowest BCUT2D eigenvalue weighted by molar-refractivity contribution is 1.27. The number of benzene rings is 1. The van der Waals surface area contributed by atoms with Gasteiger partial charge in [0.15, 0.2) is 0 Å². The Morgan fingerprint density at radius 2 is 2.08 bits per heavy atom. The minimum atomic E-state index is 1.19. The van der Waals surface area contributed by atoms with E-state index in [0.29, 0.717) is 0 Å². The molecule has 0 spiro atoms. The fraction of sp³-hybridized carbons (Fsp3) is 0.0909. The van der Waals surface area contributed by atoms with E-state index in [1.54, 1.807) is 0 Å². The van der Waals surface area contributed by atoms with Crippen molar-refractivity contribution in [3.8, 4) is 0 Å². The summed E-state index contributed by atoms with van der Waals surface area (Å²) in [5.74, 6) is 0. The summed E-state index contributed by atoms with van der Waals surface area (Å²) in [6.07, 6.45) is 1.90. The fourth-order valence-corrected chi connectivity index (χ4v) is 1.56. The molecule has 0 saturated heterocycles. The molecule has 0 saturated carbocycles. The van der Waals surface area contributed by atoms with Gasteiger partial charge in [0.2, 0.25) is 0 Å². The highest BCUT2D eigenvalue weighted by Crippen LogP contribution is 2.22. The minimum absolute atomic E-state index is 1.19. The summed E-state index contributed by atoms with van der Waals surface area (Å²) in [4.78, 5) is 3.31. The SMILES string of the molecule is [CH2-][CH+]c1c(C)[nH]c2ccccc12. The van der Waals surface area contributed by atoms with E-state index in [-0.39, 0.29) is 0 Å². The van der Waals surface area contributed by atoms with E-state index in [4.69, 9.17) is 0 Å². The molecule has 1 heteroatoms. The molecule has 0 radical (unpaired) electrons. The molecule has 1 nitrogen and oxygen atoms in total. The first-order valence-corrected chi connectivity index (χ1v) is 4.02. The summed E-state index contributed by atoms with van der Waals surface area (Å²) in [5.41, 5.74) is 3.58. The Bertz CT molecular complexity index is 398. The van der Waals surface area contributed by atoms with Crippen molar-refractivity contribution in [2.24, 2.45) is 0 Å². The second-order valence-electron chi connectivity index (χ2n) is 2.91. The van der Waals surface area contributed by atoms with Gasteiger partial charge in [0.25, 0.3) is 0 Å². The molecule has 0 aliphatic carbocycles. The molecule has 0 amide bonds. The van der Waals surface area contributed by atoms with Gasteiger partial charge in [-0.1, -0.05) is 6.07 Å². The number of aromatic nitrogens is 1. The van der Waals surface area contributed by atoms with Crippen LogP contribution in [0.25, 0.3) is 10.9 Å². The molecule has 12 heavy (non-hydrogen) atoms. The van der Waals surface area contributed by atoms with Crippen LogP contribution >= 0.6 is 0 Å². The molecular weight excluding hydrogens is 146 g/mol. The predicted molar refractivity (Wildman–Crippen MR) is 51.8 cm³/mol. The Morgan fingerprint density at radius 3 is 2.83 bits per heavy atom. The zero-order valence-electron chi connectivity index (χ0n) is 7.09. The molecule has 1 aromatic heterocycles. The van der Waals surface area contributed by atoms with Crippen molar-refractivity contribution < 1.29 is 0 Å². The summed E-state index contributed by atoms with van der Waals surface area (Å²) in [6, 6.07) is 8.26. The predicted octanol–water partition coefficient (Wildman–Crippen LogP) is 2.86. The minimum Gasteiger partial charge on any atom is -0.293 e. The van der Waals surface area contributed by atoms with E-state index >= 15 is 0 Å². The Hall–Kier alpha value is -1.37. The summed E-state index contributed by atoms with van der Waals surface area (Å²) in [5, 5.41) is 1.25. The van der Waals surface area contributed by atoms with Crippen molar-refractivity contribution in [1.82, 2.24) is 4.98 Å². The van der Waals surface area contributed by atoms with Crippen molar-refractivity contribution in [2.45, 2.75) is 6.92 Å². The van der Waals surface area contributed by atoms with Crippen LogP contribution in [-0.2, 0) is 0 Å². The summed E-state index contributed by atoms with van der Waals surface area (Å²) < 4.78 is 0. The van der Waals surface area contributed by atoms with Crippen molar-refractivity contribution in [3.63, 3.8) is 0 Å². The van der Waals surface area contributed by atoms with Gasteiger partial charge in [0, 0.05) is 13.0 Å². The number of para-hydroxylation sites is 1. The summed E-state index contributed by atoms with van der Waals surface area (Å²) in [7, 11) is 0. The smallest absolute Gasteiger partial charge is 0.126 e. The number of aromatic amines is 1. The molecular formula is C11H11N. The largest absolute Gasteiger partial charge is 0.293 e. The Kier molecular flexibility index (Phi) is 1.58. The second-order valence-corrected chi connectivity index (χ2v) is 2.91. The molecule has 60 valence electrons. The summed E-state index contributed by atoms with van der Waals surface area (Å²) in [6.45, 7) is 5.86. The Balaban J connectivity index is 2.81. The number of hydrogen-bond donors (Lipinski definition) is 1. The van der Waals surface area contributed by atoms with Crippen molar-refractivity contribution in [1.29, 1.82) is 0 Å².